The molecule has 0 spiro atoms. The van der Waals surface area contributed by atoms with E-state index < -0.39 is 10.0 Å². The van der Waals surface area contributed by atoms with Crippen molar-refractivity contribution in [1.29, 1.82) is 0 Å². The number of para-hydroxylation sites is 1. The minimum absolute atomic E-state index is 0.0178. The Morgan fingerprint density at radius 2 is 1.69 bits per heavy atom. The summed E-state index contributed by atoms with van der Waals surface area (Å²) in [6, 6.07) is 14.3. The molecule has 0 unspecified atom stereocenters. The predicted octanol–water partition coefficient (Wildman–Crippen LogP) is 4.28. The molecule has 6 heteroatoms. The minimum Gasteiger partial charge on any atom is -0.308 e. The molecule has 2 aromatic rings. The van der Waals surface area contributed by atoms with Crippen molar-refractivity contribution in [3.8, 4) is 0 Å². The topological polar surface area (TPSA) is 66.5 Å². The van der Waals surface area contributed by atoms with Gasteiger partial charge in [0.2, 0.25) is 10.0 Å². The first-order valence-electron chi connectivity index (χ1n) is 10.6. The van der Waals surface area contributed by atoms with Crippen LogP contribution in [0.15, 0.2) is 53.4 Å². The van der Waals surface area contributed by atoms with E-state index in [-0.39, 0.29) is 16.8 Å². The molecule has 4 rings (SSSR count). The predicted molar refractivity (Wildman–Crippen MR) is 115 cm³/mol. The zero-order valence-corrected chi connectivity index (χ0v) is 17.5. The van der Waals surface area contributed by atoms with Crippen molar-refractivity contribution in [2.24, 2.45) is 0 Å². The van der Waals surface area contributed by atoms with Crippen LogP contribution in [0.1, 0.15) is 60.9 Å². The normalized spacial score (nSPS) is 18.1. The summed E-state index contributed by atoms with van der Waals surface area (Å²) in [5.74, 6) is -0.149. The third-order valence-corrected chi connectivity index (χ3v) is 7.44. The summed E-state index contributed by atoms with van der Waals surface area (Å²) in [4.78, 5) is 15.1. The van der Waals surface area contributed by atoms with E-state index in [0.29, 0.717) is 12.1 Å². The van der Waals surface area contributed by atoms with Gasteiger partial charge in [-0.25, -0.2) is 13.1 Å². The Hall–Kier alpha value is -2.18. The Morgan fingerprint density at radius 3 is 2.48 bits per heavy atom. The number of fused-ring (bicyclic) bond motifs is 1. The van der Waals surface area contributed by atoms with E-state index >= 15 is 0 Å². The average Bonchev–Trinajstić information content (AvgIpc) is 3.01. The fourth-order valence-corrected chi connectivity index (χ4v) is 5.73. The number of nitrogens with one attached hydrogen (secondary N) is 1. The van der Waals surface area contributed by atoms with Crippen LogP contribution in [0.5, 0.6) is 0 Å². The second kappa shape index (κ2) is 8.67. The van der Waals surface area contributed by atoms with E-state index in [4.69, 9.17) is 0 Å². The van der Waals surface area contributed by atoms with Gasteiger partial charge in [0.25, 0.3) is 5.91 Å². The molecule has 2 aliphatic rings. The smallest absolute Gasteiger partial charge is 0.258 e. The first-order chi connectivity index (χ1) is 14.0. The van der Waals surface area contributed by atoms with Crippen molar-refractivity contribution >= 4 is 21.6 Å². The molecule has 0 atom stereocenters. The first-order valence-corrected chi connectivity index (χ1v) is 12.0. The highest BCUT2D eigenvalue weighted by Gasteiger charge is 2.26. The SMILES string of the molecule is O=C(c1cccc(S(=O)(=O)NC2CCCCCC2)c1)N1CCCc2ccccc21. The molecular weight excluding hydrogens is 384 g/mol. The summed E-state index contributed by atoms with van der Waals surface area (Å²) in [5, 5.41) is 0. The number of anilines is 1. The van der Waals surface area contributed by atoms with Crippen LogP contribution in [0.4, 0.5) is 5.69 Å². The van der Waals surface area contributed by atoms with E-state index in [1.807, 2.05) is 24.3 Å². The van der Waals surface area contributed by atoms with Gasteiger partial charge in [-0.1, -0.05) is 49.9 Å². The Kier molecular flexibility index (Phi) is 6.01. The molecule has 1 amide bonds. The molecule has 1 fully saturated rings. The van der Waals surface area contributed by atoms with Crippen molar-refractivity contribution in [3.63, 3.8) is 0 Å². The Balaban J connectivity index is 1.56. The van der Waals surface area contributed by atoms with E-state index in [1.165, 1.54) is 18.9 Å². The van der Waals surface area contributed by atoms with Gasteiger partial charge in [-0.3, -0.25) is 4.79 Å². The van der Waals surface area contributed by atoms with Crippen LogP contribution in [0.2, 0.25) is 0 Å². The van der Waals surface area contributed by atoms with Crippen LogP contribution >= 0.6 is 0 Å². The third kappa shape index (κ3) is 4.54. The molecule has 0 radical (unpaired) electrons. The zero-order chi connectivity index (χ0) is 20.3. The van der Waals surface area contributed by atoms with Crippen LogP contribution < -0.4 is 9.62 Å². The fraction of sp³-hybridized carbons (Fsp3) is 0.435. The van der Waals surface area contributed by atoms with Gasteiger partial charge in [-0.15, -0.1) is 0 Å². The molecular formula is C23H28N2O3S. The number of nitrogens with zero attached hydrogens (tertiary/aromatic N) is 1. The molecule has 1 N–H and O–H groups in total. The van der Waals surface area contributed by atoms with Crippen molar-refractivity contribution in [2.45, 2.75) is 62.3 Å². The fourth-order valence-electron chi connectivity index (χ4n) is 4.38. The number of carbonyl (C=O) groups is 1. The van der Waals surface area contributed by atoms with Crippen molar-refractivity contribution in [3.05, 3.63) is 59.7 Å². The maximum Gasteiger partial charge on any atom is 0.258 e. The average molecular weight is 413 g/mol. The van der Waals surface area contributed by atoms with E-state index in [1.54, 1.807) is 23.1 Å². The highest BCUT2D eigenvalue weighted by Crippen LogP contribution is 2.28. The number of aryl methyl sites for hydroxylation is 1. The Bertz CT molecular complexity index is 979. The number of sulfonamides is 1. The lowest BCUT2D eigenvalue weighted by Gasteiger charge is -2.29. The van der Waals surface area contributed by atoms with Gasteiger partial charge in [0.15, 0.2) is 0 Å². The standard InChI is InChI=1S/C23H28N2O3S/c26-23(25-16-8-11-18-9-5-6-15-22(18)25)19-10-7-14-21(17-19)29(27,28)24-20-12-3-1-2-4-13-20/h5-7,9-10,14-15,17,20,24H,1-4,8,11-13,16H2. The van der Waals surface area contributed by atoms with Gasteiger partial charge < -0.3 is 4.90 Å². The quantitative estimate of drug-likeness (QED) is 0.762. The first kappa shape index (κ1) is 20.1. The van der Waals surface area contributed by atoms with Gasteiger partial charge in [0, 0.05) is 23.8 Å². The highest BCUT2D eigenvalue weighted by atomic mass is 32.2. The largest absolute Gasteiger partial charge is 0.308 e. The summed E-state index contributed by atoms with van der Waals surface area (Å²) < 4.78 is 28.7. The van der Waals surface area contributed by atoms with E-state index in [2.05, 4.69) is 4.72 Å². The third-order valence-electron chi connectivity index (χ3n) is 5.92. The highest BCUT2D eigenvalue weighted by molar-refractivity contribution is 7.89. The number of hydrogen-bond acceptors (Lipinski definition) is 3. The number of rotatable bonds is 4. The second-order valence-electron chi connectivity index (χ2n) is 8.03. The maximum atomic E-state index is 13.2. The van der Waals surface area contributed by atoms with E-state index in [9.17, 15) is 13.2 Å². The summed E-state index contributed by atoms with van der Waals surface area (Å²) >= 11 is 0. The number of hydrogen-bond donors (Lipinski definition) is 1. The monoisotopic (exact) mass is 412 g/mol. The van der Waals surface area contributed by atoms with Gasteiger partial charge in [-0.2, -0.15) is 0 Å². The molecule has 1 heterocycles. The molecule has 29 heavy (non-hydrogen) atoms. The molecule has 154 valence electrons. The number of carbonyl (C=O) groups excluding carboxylic acids is 1. The van der Waals surface area contributed by atoms with Gasteiger partial charge in [0.1, 0.15) is 0 Å². The van der Waals surface area contributed by atoms with Crippen LogP contribution in [0.3, 0.4) is 0 Å². The molecule has 1 aliphatic heterocycles. The van der Waals surface area contributed by atoms with Crippen LogP contribution in [-0.4, -0.2) is 26.9 Å². The number of amides is 1. The molecule has 0 bridgehead atoms. The zero-order valence-electron chi connectivity index (χ0n) is 16.6. The summed E-state index contributed by atoms with van der Waals surface area (Å²) in [6.45, 7) is 0.646. The summed E-state index contributed by atoms with van der Waals surface area (Å²) in [5.41, 5.74) is 2.49. The van der Waals surface area contributed by atoms with Crippen molar-refractivity contribution < 1.29 is 13.2 Å². The molecule has 2 aromatic carbocycles. The Morgan fingerprint density at radius 1 is 0.931 bits per heavy atom. The minimum atomic E-state index is -3.64. The van der Waals surface area contributed by atoms with E-state index in [0.717, 1.165) is 49.8 Å². The lowest BCUT2D eigenvalue weighted by molar-refractivity contribution is 0.0985. The second-order valence-corrected chi connectivity index (χ2v) is 9.74. The number of benzene rings is 2. The molecule has 0 saturated heterocycles. The molecule has 1 saturated carbocycles. The molecule has 0 aromatic heterocycles. The lowest BCUT2D eigenvalue weighted by atomic mass is 10.0. The van der Waals surface area contributed by atoms with Crippen LogP contribution in [0.25, 0.3) is 0 Å². The van der Waals surface area contributed by atoms with Crippen LogP contribution in [0, 0.1) is 0 Å². The maximum absolute atomic E-state index is 13.2. The van der Waals surface area contributed by atoms with Crippen LogP contribution in [-0.2, 0) is 16.4 Å². The van der Waals surface area contributed by atoms with Crippen molar-refractivity contribution in [1.82, 2.24) is 4.72 Å². The van der Waals surface area contributed by atoms with Crippen molar-refractivity contribution in [2.75, 3.05) is 11.4 Å². The van der Waals surface area contributed by atoms with Gasteiger partial charge >= 0.3 is 0 Å². The van der Waals surface area contributed by atoms with Gasteiger partial charge in [-0.05, 0) is 55.5 Å². The van der Waals surface area contributed by atoms with Gasteiger partial charge in [0.05, 0.1) is 4.90 Å². The molecule has 5 nitrogen and oxygen atoms in total. The lowest BCUT2D eigenvalue weighted by Crippen LogP contribution is -2.36. The molecule has 1 aliphatic carbocycles. The Labute approximate surface area is 173 Å². The summed E-state index contributed by atoms with van der Waals surface area (Å²) in [6.07, 6.45) is 8.06. The summed E-state index contributed by atoms with van der Waals surface area (Å²) in [7, 11) is -3.64.